The van der Waals surface area contributed by atoms with Crippen LogP contribution in [-0.2, 0) is 6.54 Å². The summed E-state index contributed by atoms with van der Waals surface area (Å²) in [7, 11) is 2.03. The summed E-state index contributed by atoms with van der Waals surface area (Å²) in [5, 5.41) is 3.36. The van der Waals surface area contributed by atoms with Crippen LogP contribution < -0.4 is 5.32 Å². The summed E-state index contributed by atoms with van der Waals surface area (Å²) in [5.41, 5.74) is 1.08. The van der Waals surface area contributed by atoms with Gasteiger partial charge in [-0.1, -0.05) is 30.3 Å². The topological polar surface area (TPSA) is 41.3 Å². The Morgan fingerprint density at radius 3 is 2.77 bits per heavy atom. The molecule has 0 aliphatic carbocycles. The number of hydrogen-bond acceptors (Lipinski definition) is 4. The van der Waals surface area contributed by atoms with E-state index in [9.17, 15) is 0 Å². The zero-order valence-corrected chi connectivity index (χ0v) is 14.3. The molecule has 1 aliphatic rings. The lowest BCUT2D eigenvalue weighted by Crippen LogP contribution is -2.43. The molecule has 0 spiro atoms. The summed E-state index contributed by atoms with van der Waals surface area (Å²) in [4.78, 5) is 6.82. The van der Waals surface area contributed by atoms with Gasteiger partial charge in [-0.05, 0) is 26.4 Å². The van der Waals surface area contributed by atoms with E-state index in [1.165, 1.54) is 12.8 Å². The minimum absolute atomic E-state index is 0. The molecule has 0 radical (unpaired) electrons. The number of piperidine rings is 1. The lowest BCUT2D eigenvalue weighted by molar-refractivity contribution is 0.173. The highest BCUT2D eigenvalue weighted by molar-refractivity contribution is 5.85. The Bertz CT molecular complexity index is 547. The molecule has 22 heavy (non-hydrogen) atoms. The highest BCUT2D eigenvalue weighted by atomic mass is 35.5. The Hall–Kier alpha value is -1.07. The van der Waals surface area contributed by atoms with Crippen molar-refractivity contribution in [2.24, 2.45) is 0 Å². The third-order valence-electron chi connectivity index (χ3n) is 3.88. The van der Waals surface area contributed by atoms with Crippen molar-refractivity contribution in [2.75, 3.05) is 20.1 Å². The fourth-order valence-corrected chi connectivity index (χ4v) is 2.75. The van der Waals surface area contributed by atoms with Gasteiger partial charge in [-0.2, -0.15) is 0 Å². The van der Waals surface area contributed by atoms with Crippen molar-refractivity contribution >= 4 is 24.8 Å². The van der Waals surface area contributed by atoms with Crippen LogP contribution in [0.15, 0.2) is 40.9 Å². The van der Waals surface area contributed by atoms with Crippen LogP contribution >= 0.6 is 24.8 Å². The largest absolute Gasteiger partial charge is 0.439 e. The molecule has 2 heterocycles. The Morgan fingerprint density at radius 2 is 2.05 bits per heavy atom. The second kappa shape index (κ2) is 9.16. The van der Waals surface area contributed by atoms with E-state index < -0.39 is 0 Å². The molecular weight excluding hydrogens is 321 g/mol. The predicted molar refractivity (Wildman–Crippen MR) is 93.8 cm³/mol. The van der Waals surface area contributed by atoms with Gasteiger partial charge >= 0.3 is 0 Å². The number of likely N-dealkylation sites (N-methyl/N-ethyl adjacent to an activating group) is 1. The lowest BCUT2D eigenvalue weighted by Gasteiger charge is -2.31. The Labute approximate surface area is 144 Å². The number of halogens is 2. The van der Waals surface area contributed by atoms with Crippen molar-refractivity contribution in [1.82, 2.24) is 15.2 Å². The SMILES string of the molecule is CNC1CCCN(Cc2ncc(-c3ccccc3)o2)C1.Cl.Cl. The van der Waals surface area contributed by atoms with Crippen molar-refractivity contribution in [3.63, 3.8) is 0 Å². The van der Waals surface area contributed by atoms with E-state index in [-0.39, 0.29) is 24.8 Å². The molecular formula is C16H23Cl2N3O. The number of benzene rings is 1. The van der Waals surface area contributed by atoms with Crippen molar-refractivity contribution < 1.29 is 4.42 Å². The van der Waals surface area contributed by atoms with Gasteiger partial charge in [0.05, 0.1) is 12.7 Å². The van der Waals surface area contributed by atoms with Gasteiger partial charge in [0.2, 0.25) is 5.89 Å². The molecule has 3 rings (SSSR count). The summed E-state index contributed by atoms with van der Waals surface area (Å²) in [6.07, 6.45) is 4.32. The smallest absolute Gasteiger partial charge is 0.209 e. The Balaban J connectivity index is 0.00000121. The van der Waals surface area contributed by atoms with Crippen LogP contribution in [0.2, 0.25) is 0 Å². The molecule has 1 saturated heterocycles. The van der Waals surface area contributed by atoms with Gasteiger partial charge in [0.25, 0.3) is 0 Å². The Morgan fingerprint density at radius 1 is 1.27 bits per heavy atom. The number of aromatic nitrogens is 1. The molecule has 6 heteroatoms. The molecule has 1 N–H and O–H groups in total. The zero-order chi connectivity index (χ0) is 13.8. The molecule has 0 saturated carbocycles. The first kappa shape index (κ1) is 19.0. The van der Waals surface area contributed by atoms with Crippen LogP contribution in [0.25, 0.3) is 11.3 Å². The van der Waals surface area contributed by atoms with Gasteiger partial charge in [0.1, 0.15) is 0 Å². The van der Waals surface area contributed by atoms with E-state index in [0.29, 0.717) is 6.04 Å². The van der Waals surface area contributed by atoms with E-state index in [4.69, 9.17) is 4.42 Å². The standard InChI is InChI=1S/C16H21N3O.2ClH/c1-17-14-8-5-9-19(11-14)12-16-18-10-15(20-16)13-6-3-2-4-7-13;;/h2-4,6-7,10,14,17H,5,8-9,11-12H2,1H3;2*1H. The van der Waals surface area contributed by atoms with Gasteiger partial charge in [0.15, 0.2) is 5.76 Å². The zero-order valence-electron chi connectivity index (χ0n) is 12.7. The van der Waals surface area contributed by atoms with Gasteiger partial charge in [-0.25, -0.2) is 4.98 Å². The maximum Gasteiger partial charge on any atom is 0.209 e. The average molecular weight is 344 g/mol. The number of nitrogens with zero attached hydrogens (tertiary/aromatic N) is 2. The highest BCUT2D eigenvalue weighted by Crippen LogP contribution is 2.21. The normalized spacial score (nSPS) is 18.3. The van der Waals surface area contributed by atoms with Crippen molar-refractivity contribution in [2.45, 2.75) is 25.4 Å². The number of hydrogen-bond donors (Lipinski definition) is 1. The van der Waals surface area contributed by atoms with Gasteiger partial charge in [0, 0.05) is 18.2 Å². The van der Waals surface area contributed by atoms with Gasteiger partial charge < -0.3 is 9.73 Å². The van der Waals surface area contributed by atoms with Crippen molar-refractivity contribution in [3.05, 3.63) is 42.4 Å². The predicted octanol–water partition coefficient (Wildman–Crippen LogP) is 3.37. The third kappa shape index (κ3) is 4.71. The van der Waals surface area contributed by atoms with Crippen molar-refractivity contribution in [3.8, 4) is 11.3 Å². The summed E-state index contributed by atoms with van der Waals surface area (Å²) in [6.45, 7) is 2.99. The molecule has 1 aliphatic heterocycles. The van der Waals surface area contributed by atoms with Gasteiger partial charge in [-0.15, -0.1) is 24.8 Å². The summed E-state index contributed by atoms with van der Waals surface area (Å²) < 4.78 is 5.87. The Kier molecular flexibility index (Phi) is 7.90. The van der Waals surface area contributed by atoms with Gasteiger partial charge in [-0.3, -0.25) is 4.90 Å². The maximum atomic E-state index is 5.87. The van der Waals surface area contributed by atoms with E-state index in [2.05, 4.69) is 15.2 Å². The van der Waals surface area contributed by atoms with Crippen LogP contribution in [-0.4, -0.2) is 36.1 Å². The van der Waals surface area contributed by atoms with Crippen LogP contribution in [0.1, 0.15) is 18.7 Å². The molecule has 0 amide bonds. The third-order valence-corrected chi connectivity index (χ3v) is 3.88. The van der Waals surface area contributed by atoms with Crippen LogP contribution in [0.5, 0.6) is 0 Å². The van der Waals surface area contributed by atoms with E-state index in [1.807, 2.05) is 43.6 Å². The minimum Gasteiger partial charge on any atom is -0.439 e. The molecule has 0 bridgehead atoms. The molecule has 2 aromatic rings. The molecule has 1 aromatic heterocycles. The minimum atomic E-state index is 0. The fourth-order valence-electron chi connectivity index (χ4n) is 2.75. The summed E-state index contributed by atoms with van der Waals surface area (Å²) in [6, 6.07) is 10.7. The first-order valence-electron chi connectivity index (χ1n) is 7.25. The highest BCUT2D eigenvalue weighted by Gasteiger charge is 2.20. The second-order valence-corrected chi connectivity index (χ2v) is 5.35. The molecule has 1 atom stereocenters. The molecule has 1 unspecified atom stereocenters. The number of likely N-dealkylation sites (tertiary alicyclic amines) is 1. The fraction of sp³-hybridized carbons (Fsp3) is 0.438. The molecule has 4 nitrogen and oxygen atoms in total. The van der Waals surface area contributed by atoms with Crippen LogP contribution in [0.3, 0.4) is 0 Å². The summed E-state index contributed by atoms with van der Waals surface area (Å²) in [5.74, 6) is 1.66. The molecule has 1 fully saturated rings. The lowest BCUT2D eigenvalue weighted by atomic mass is 10.1. The first-order chi connectivity index (χ1) is 9.85. The van der Waals surface area contributed by atoms with Crippen LogP contribution in [0, 0.1) is 0 Å². The maximum absolute atomic E-state index is 5.87. The van der Waals surface area contributed by atoms with E-state index in [1.54, 1.807) is 0 Å². The number of nitrogens with one attached hydrogen (secondary N) is 1. The number of rotatable bonds is 4. The van der Waals surface area contributed by atoms with Crippen molar-refractivity contribution in [1.29, 1.82) is 0 Å². The first-order valence-corrected chi connectivity index (χ1v) is 7.25. The van der Waals surface area contributed by atoms with E-state index in [0.717, 1.165) is 36.8 Å². The average Bonchev–Trinajstić information content (AvgIpc) is 2.97. The summed E-state index contributed by atoms with van der Waals surface area (Å²) >= 11 is 0. The number of oxazole rings is 1. The monoisotopic (exact) mass is 343 g/mol. The second-order valence-electron chi connectivity index (χ2n) is 5.35. The quantitative estimate of drug-likeness (QED) is 0.923. The molecule has 122 valence electrons. The van der Waals surface area contributed by atoms with E-state index >= 15 is 0 Å². The van der Waals surface area contributed by atoms with Crippen LogP contribution in [0.4, 0.5) is 0 Å². The molecule has 1 aromatic carbocycles.